The molecular formula is C17H15NO3. The molecule has 4 heteroatoms. The van der Waals surface area contributed by atoms with Crippen molar-refractivity contribution >= 4 is 11.6 Å². The van der Waals surface area contributed by atoms with Crippen LogP contribution < -0.4 is 14.8 Å². The van der Waals surface area contributed by atoms with Crippen LogP contribution in [-0.4, -0.2) is 19.6 Å². The van der Waals surface area contributed by atoms with Crippen LogP contribution in [0.5, 0.6) is 11.5 Å². The average molecular weight is 281 g/mol. The summed E-state index contributed by atoms with van der Waals surface area (Å²) in [7, 11) is 1.59. The third kappa shape index (κ3) is 4.29. The van der Waals surface area contributed by atoms with E-state index in [2.05, 4.69) is 11.2 Å². The maximum absolute atomic E-state index is 11.8. The highest BCUT2D eigenvalue weighted by atomic mass is 16.5. The Morgan fingerprint density at radius 3 is 2.57 bits per heavy atom. The maximum atomic E-state index is 11.8. The number of benzene rings is 2. The van der Waals surface area contributed by atoms with E-state index < -0.39 is 0 Å². The minimum atomic E-state index is -0.250. The van der Waals surface area contributed by atoms with Crippen molar-refractivity contribution in [2.75, 3.05) is 19.0 Å². The Balaban J connectivity index is 1.88. The lowest BCUT2D eigenvalue weighted by atomic mass is 10.2. The van der Waals surface area contributed by atoms with Crippen LogP contribution in [0.2, 0.25) is 0 Å². The smallest absolute Gasteiger partial charge is 0.262 e. The molecule has 0 saturated heterocycles. The molecule has 106 valence electrons. The van der Waals surface area contributed by atoms with Gasteiger partial charge in [-0.05, 0) is 42.5 Å². The van der Waals surface area contributed by atoms with Gasteiger partial charge in [-0.25, -0.2) is 0 Å². The Bertz CT molecular complexity index is 656. The number of carbonyl (C=O) groups excluding carboxylic acids is 1. The van der Waals surface area contributed by atoms with Crippen LogP contribution in [0.3, 0.4) is 0 Å². The summed E-state index contributed by atoms with van der Waals surface area (Å²) in [6, 6.07) is 14.1. The third-order valence-electron chi connectivity index (χ3n) is 2.74. The number of amides is 1. The highest BCUT2D eigenvalue weighted by Gasteiger charge is 2.04. The molecule has 0 aromatic heterocycles. The van der Waals surface area contributed by atoms with Gasteiger partial charge in [0.1, 0.15) is 11.5 Å². The normalized spacial score (nSPS) is 9.52. The lowest BCUT2D eigenvalue weighted by Gasteiger charge is -2.08. The predicted octanol–water partition coefficient (Wildman–Crippen LogP) is 2.69. The zero-order valence-corrected chi connectivity index (χ0v) is 11.6. The molecule has 0 aliphatic rings. The van der Waals surface area contributed by atoms with Crippen LogP contribution in [0.15, 0.2) is 48.5 Å². The summed E-state index contributed by atoms with van der Waals surface area (Å²) in [6.07, 6.45) is 5.31. The molecule has 2 aromatic carbocycles. The van der Waals surface area contributed by atoms with Gasteiger partial charge in [-0.15, -0.1) is 6.42 Å². The van der Waals surface area contributed by atoms with E-state index in [0.29, 0.717) is 17.0 Å². The number of nitrogens with one attached hydrogen (secondary N) is 1. The number of rotatable bonds is 5. The fraction of sp³-hybridized carbons (Fsp3) is 0.118. The number of carbonyl (C=O) groups is 1. The molecule has 2 rings (SSSR count). The predicted molar refractivity (Wildman–Crippen MR) is 81.5 cm³/mol. The van der Waals surface area contributed by atoms with Crippen molar-refractivity contribution < 1.29 is 14.3 Å². The quantitative estimate of drug-likeness (QED) is 0.857. The summed E-state index contributed by atoms with van der Waals surface area (Å²) in [5.41, 5.74) is 1.36. The lowest BCUT2D eigenvalue weighted by molar-refractivity contribution is -0.118. The molecular weight excluding hydrogens is 266 g/mol. The zero-order chi connectivity index (χ0) is 15.1. The molecule has 0 aliphatic heterocycles. The highest BCUT2D eigenvalue weighted by Crippen LogP contribution is 2.17. The number of hydrogen-bond acceptors (Lipinski definition) is 3. The maximum Gasteiger partial charge on any atom is 0.262 e. The van der Waals surface area contributed by atoms with E-state index in [4.69, 9.17) is 15.9 Å². The summed E-state index contributed by atoms with van der Waals surface area (Å²) in [6.45, 7) is -0.0768. The van der Waals surface area contributed by atoms with Gasteiger partial charge < -0.3 is 14.8 Å². The number of terminal acetylenes is 1. The van der Waals surface area contributed by atoms with Crippen molar-refractivity contribution in [3.8, 4) is 23.8 Å². The van der Waals surface area contributed by atoms with Gasteiger partial charge in [-0.2, -0.15) is 0 Å². The molecule has 1 amide bonds. The summed E-state index contributed by atoms with van der Waals surface area (Å²) < 4.78 is 10.4. The number of ether oxygens (including phenoxy) is 2. The monoisotopic (exact) mass is 281 g/mol. The van der Waals surface area contributed by atoms with Gasteiger partial charge in [0.15, 0.2) is 6.61 Å². The average Bonchev–Trinajstić information content (AvgIpc) is 2.53. The van der Waals surface area contributed by atoms with Crippen LogP contribution in [0, 0.1) is 12.3 Å². The first-order valence-corrected chi connectivity index (χ1v) is 6.34. The molecule has 0 radical (unpaired) electrons. The Hall–Kier alpha value is -2.93. The molecule has 0 heterocycles. The van der Waals surface area contributed by atoms with Gasteiger partial charge >= 0.3 is 0 Å². The number of anilines is 1. The molecule has 0 spiro atoms. The first-order chi connectivity index (χ1) is 10.2. The zero-order valence-electron chi connectivity index (χ0n) is 11.6. The van der Waals surface area contributed by atoms with Crippen molar-refractivity contribution in [1.29, 1.82) is 0 Å². The molecule has 0 bridgehead atoms. The topological polar surface area (TPSA) is 47.6 Å². The Morgan fingerprint density at radius 2 is 1.90 bits per heavy atom. The van der Waals surface area contributed by atoms with Gasteiger partial charge in [0, 0.05) is 11.3 Å². The van der Waals surface area contributed by atoms with E-state index in [9.17, 15) is 4.79 Å². The van der Waals surface area contributed by atoms with Crippen molar-refractivity contribution in [3.63, 3.8) is 0 Å². The second-order valence-electron chi connectivity index (χ2n) is 4.24. The van der Waals surface area contributed by atoms with Crippen molar-refractivity contribution in [1.82, 2.24) is 0 Å². The molecule has 0 atom stereocenters. The lowest BCUT2D eigenvalue weighted by Crippen LogP contribution is -2.20. The van der Waals surface area contributed by atoms with Gasteiger partial charge in [-0.3, -0.25) is 4.79 Å². The molecule has 2 aromatic rings. The fourth-order valence-electron chi connectivity index (χ4n) is 1.70. The largest absolute Gasteiger partial charge is 0.497 e. The molecule has 0 saturated carbocycles. The van der Waals surface area contributed by atoms with E-state index >= 15 is 0 Å². The van der Waals surface area contributed by atoms with E-state index in [1.165, 1.54) is 0 Å². The summed E-state index contributed by atoms with van der Waals surface area (Å²) in [4.78, 5) is 11.8. The van der Waals surface area contributed by atoms with E-state index in [-0.39, 0.29) is 12.5 Å². The Morgan fingerprint density at radius 1 is 1.19 bits per heavy atom. The third-order valence-corrected chi connectivity index (χ3v) is 2.74. The van der Waals surface area contributed by atoms with Crippen LogP contribution >= 0.6 is 0 Å². The molecule has 21 heavy (non-hydrogen) atoms. The molecule has 0 unspecified atom stereocenters. The Kier molecular flexibility index (Phi) is 4.84. The summed E-state index contributed by atoms with van der Waals surface area (Å²) in [5, 5.41) is 2.73. The minimum absolute atomic E-state index is 0.0768. The SMILES string of the molecule is C#Cc1cccc(NC(=O)COc2ccc(OC)cc2)c1. The van der Waals surface area contributed by atoms with Crippen LogP contribution in [0.25, 0.3) is 0 Å². The van der Waals surface area contributed by atoms with Crippen LogP contribution in [0.4, 0.5) is 5.69 Å². The first-order valence-electron chi connectivity index (χ1n) is 6.34. The van der Waals surface area contributed by atoms with Gasteiger partial charge in [-0.1, -0.05) is 12.0 Å². The number of methoxy groups -OCH3 is 1. The fourth-order valence-corrected chi connectivity index (χ4v) is 1.70. The Labute approximate surface area is 123 Å². The molecule has 0 aliphatic carbocycles. The van der Waals surface area contributed by atoms with Gasteiger partial charge in [0.05, 0.1) is 7.11 Å². The molecule has 1 N–H and O–H groups in total. The summed E-state index contributed by atoms with van der Waals surface area (Å²) in [5.74, 6) is 3.60. The van der Waals surface area contributed by atoms with Crippen LogP contribution in [0.1, 0.15) is 5.56 Å². The number of hydrogen-bond donors (Lipinski definition) is 1. The van der Waals surface area contributed by atoms with Crippen molar-refractivity contribution in [3.05, 3.63) is 54.1 Å². The summed E-state index contributed by atoms with van der Waals surface area (Å²) >= 11 is 0. The highest BCUT2D eigenvalue weighted by molar-refractivity contribution is 5.92. The second kappa shape index (κ2) is 7.01. The standard InChI is InChI=1S/C17H15NO3/c1-3-13-5-4-6-14(11-13)18-17(19)12-21-16-9-7-15(20-2)8-10-16/h1,4-11H,12H2,2H3,(H,18,19). The molecule has 0 fully saturated rings. The minimum Gasteiger partial charge on any atom is -0.497 e. The molecule has 4 nitrogen and oxygen atoms in total. The van der Waals surface area contributed by atoms with Gasteiger partial charge in [0.25, 0.3) is 5.91 Å². The van der Waals surface area contributed by atoms with Crippen LogP contribution in [-0.2, 0) is 4.79 Å². The van der Waals surface area contributed by atoms with E-state index in [0.717, 1.165) is 5.75 Å². The van der Waals surface area contributed by atoms with E-state index in [1.807, 2.05) is 0 Å². The van der Waals surface area contributed by atoms with E-state index in [1.54, 1.807) is 55.6 Å². The van der Waals surface area contributed by atoms with Crippen molar-refractivity contribution in [2.24, 2.45) is 0 Å². The first kappa shape index (κ1) is 14.5. The van der Waals surface area contributed by atoms with Gasteiger partial charge in [0.2, 0.25) is 0 Å². The van der Waals surface area contributed by atoms with Crippen molar-refractivity contribution in [2.45, 2.75) is 0 Å². The second-order valence-corrected chi connectivity index (χ2v) is 4.24.